The second-order valence-electron chi connectivity index (χ2n) is 9.99. The van der Waals surface area contributed by atoms with Gasteiger partial charge in [-0.2, -0.15) is 0 Å². The summed E-state index contributed by atoms with van der Waals surface area (Å²) >= 11 is 6.11. The summed E-state index contributed by atoms with van der Waals surface area (Å²) in [5.74, 6) is -1.91. The van der Waals surface area contributed by atoms with Gasteiger partial charge in [-0.1, -0.05) is 17.7 Å². The molecule has 0 aliphatic heterocycles. The van der Waals surface area contributed by atoms with Crippen LogP contribution in [0, 0.1) is 0 Å². The Morgan fingerprint density at radius 2 is 1.39 bits per heavy atom. The Balaban J connectivity index is 2.19. The van der Waals surface area contributed by atoms with Gasteiger partial charge in [0, 0.05) is 0 Å². The van der Waals surface area contributed by atoms with Gasteiger partial charge in [0.25, 0.3) is 0 Å². The number of ether oxygens (including phenoxy) is 3. The molecule has 2 rings (SSSR count). The zero-order chi connectivity index (χ0) is 28.7. The highest BCUT2D eigenvalue weighted by atomic mass is 35.5. The fraction of sp³-hybridized carbons (Fsp3) is 0.346. The van der Waals surface area contributed by atoms with E-state index in [2.05, 4.69) is 15.6 Å². The molecule has 0 saturated carbocycles. The van der Waals surface area contributed by atoms with Gasteiger partial charge in [0.2, 0.25) is 5.96 Å². The minimum atomic E-state index is -1.01. The van der Waals surface area contributed by atoms with E-state index in [9.17, 15) is 19.2 Å². The normalized spacial score (nSPS) is 11.1. The van der Waals surface area contributed by atoms with Crippen LogP contribution in [0.25, 0.3) is 0 Å². The standard InChI is InChI=1S/C26H30ClN3O8/c1-25(2,3)37-23(34)29-22(30-24(35)38-26(4,5)6)28-17-10-8-16(9-11-17)21(33)36-19-12-7-15(13-18(19)27)14-20(31)32/h7-13H,14H2,1-6H3,(H,31,32)(H2,28,29,30,34,35). The molecule has 0 aromatic heterocycles. The number of amides is 2. The number of carbonyl (C=O) groups is 4. The van der Waals surface area contributed by atoms with Crippen LogP contribution in [-0.2, 0) is 20.7 Å². The lowest BCUT2D eigenvalue weighted by molar-refractivity contribution is -0.136. The average Bonchev–Trinajstić information content (AvgIpc) is 2.72. The molecule has 0 heterocycles. The number of alkyl carbamates (subject to hydrolysis) is 2. The third kappa shape index (κ3) is 10.9. The highest BCUT2D eigenvalue weighted by Crippen LogP contribution is 2.27. The summed E-state index contributed by atoms with van der Waals surface area (Å²) in [4.78, 5) is 52.1. The lowest BCUT2D eigenvalue weighted by atomic mass is 10.1. The lowest BCUT2D eigenvalue weighted by Crippen LogP contribution is -2.47. The predicted octanol–water partition coefficient (Wildman–Crippen LogP) is 5.22. The van der Waals surface area contributed by atoms with Crippen LogP contribution in [0.5, 0.6) is 5.75 Å². The van der Waals surface area contributed by atoms with Crippen molar-refractivity contribution in [3.63, 3.8) is 0 Å². The van der Waals surface area contributed by atoms with Gasteiger partial charge in [0.15, 0.2) is 0 Å². The van der Waals surface area contributed by atoms with E-state index in [1.807, 2.05) is 0 Å². The van der Waals surface area contributed by atoms with Gasteiger partial charge in [0.05, 0.1) is 22.7 Å². The van der Waals surface area contributed by atoms with Crippen molar-refractivity contribution in [2.45, 2.75) is 59.2 Å². The molecular formula is C26H30ClN3O8. The predicted molar refractivity (Wildman–Crippen MR) is 140 cm³/mol. The maximum absolute atomic E-state index is 12.6. The molecule has 0 aliphatic carbocycles. The van der Waals surface area contributed by atoms with Crippen LogP contribution in [0.4, 0.5) is 15.3 Å². The Kier molecular flexibility index (Phi) is 9.84. The van der Waals surface area contributed by atoms with Gasteiger partial charge in [-0.15, -0.1) is 0 Å². The number of aliphatic imine (C=N–C) groups is 1. The number of carbonyl (C=O) groups excluding carboxylic acids is 3. The molecule has 0 atom stereocenters. The van der Waals surface area contributed by atoms with Crippen LogP contribution in [0.3, 0.4) is 0 Å². The summed E-state index contributed by atoms with van der Waals surface area (Å²) in [5, 5.41) is 13.7. The number of benzene rings is 2. The molecule has 2 aromatic rings. The molecule has 0 unspecified atom stereocenters. The monoisotopic (exact) mass is 547 g/mol. The molecule has 0 saturated heterocycles. The fourth-order valence-electron chi connectivity index (χ4n) is 2.76. The number of rotatable bonds is 5. The van der Waals surface area contributed by atoms with E-state index < -0.39 is 35.3 Å². The molecule has 0 fully saturated rings. The van der Waals surface area contributed by atoms with Crippen molar-refractivity contribution >= 4 is 47.4 Å². The molecule has 0 aliphatic rings. The SMILES string of the molecule is CC(C)(C)OC(=O)NC(=Nc1ccc(C(=O)Oc2ccc(CC(=O)O)cc2Cl)cc1)NC(=O)OC(C)(C)C. The van der Waals surface area contributed by atoms with E-state index >= 15 is 0 Å². The van der Waals surface area contributed by atoms with Crippen molar-refractivity contribution in [2.24, 2.45) is 4.99 Å². The summed E-state index contributed by atoms with van der Waals surface area (Å²) in [5.41, 5.74) is -0.679. The third-order valence-corrected chi connectivity index (χ3v) is 4.43. The van der Waals surface area contributed by atoms with Crippen molar-refractivity contribution in [1.29, 1.82) is 0 Å². The van der Waals surface area contributed by atoms with Gasteiger partial charge < -0.3 is 19.3 Å². The maximum Gasteiger partial charge on any atom is 0.414 e. The van der Waals surface area contributed by atoms with Gasteiger partial charge in [-0.25, -0.2) is 19.4 Å². The first-order chi connectivity index (χ1) is 17.5. The molecule has 2 amide bonds. The topological polar surface area (TPSA) is 153 Å². The van der Waals surface area contributed by atoms with E-state index in [-0.39, 0.29) is 34.4 Å². The first-order valence-corrected chi connectivity index (χ1v) is 11.8. The summed E-state index contributed by atoms with van der Waals surface area (Å²) in [6.07, 6.45) is -1.92. The Hall–Kier alpha value is -4.12. The fourth-order valence-corrected chi connectivity index (χ4v) is 3.00. The second kappa shape index (κ2) is 12.4. The molecule has 0 bridgehead atoms. The number of carboxylic acid groups (broad SMARTS) is 1. The number of halogens is 1. The van der Waals surface area contributed by atoms with E-state index in [0.29, 0.717) is 5.56 Å². The lowest BCUT2D eigenvalue weighted by Gasteiger charge is -2.22. The van der Waals surface area contributed by atoms with E-state index in [1.54, 1.807) is 41.5 Å². The molecule has 11 nitrogen and oxygen atoms in total. The quantitative estimate of drug-likeness (QED) is 0.199. The van der Waals surface area contributed by atoms with Gasteiger partial charge in [-0.05, 0) is 83.5 Å². The smallest absolute Gasteiger partial charge is 0.414 e. The molecule has 3 N–H and O–H groups in total. The van der Waals surface area contributed by atoms with Gasteiger partial charge in [0.1, 0.15) is 17.0 Å². The molecule has 2 aromatic carbocycles. The van der Waals surface area contributed by atoms with Crippen molar-refractivity contribution in [3.8, 4) is 5.75 Å². The largest absolute Gasteiger partial charge is 0.481 e. The highest BCUT2D eigenvalue weighted by molar-refractivity contribution is 6.32. The number of aliphatic carboxylic acids is 1. The van der Waals surface area contributed by atoms with Crippen molar-refractivity contribution < 1.29 is 38.5 Å². The van der Waals surface area contributed by atoms with E-state index in [1.165, 1.54) is 42.5 Å². The number of hydrogen-bond acceptors (Lipinski definition) is 8. The summed E-state index contributed by atoms with van der Waals surface area (Å²) in [7, 11) is 0. The molecular weight excluding hydrogens is 518 g/mol. The van der Waals surface area contributed by atoms with E-state index in [0.717, 1.165) is 0 Å². The van der Waals surface area contributed by atoms with Crippen LogP contribution in [-0.4, -0.2) is 46.4 Å². The van der Waals surface area contributed by atoms with Crippen molar-refractivity contribution in [1.82, 2.24) is 10.6 Å². The summed E-state index contributed by atoms with van der Waals surface area (Å²) in [6, 6.07) is 10.1. The van der Waals surface area contributed by atoms with Crippen LogP contribution >= 0.6 is 11.6 Å². The minimum absolute atomic E-state index is 0.0679. The third-order valence-electron chi connectivity index (χ3n) is 4.14. The molecule has 204 valence electrons. The summed E-state index contributed by atoms with van der Waals surface area (Å²) < 4.78 is 15.7. The Labute approximate surface area is 225 Å². The molecule has 12 heteroatoms. The Morgan fingerprint density at radius 1 is 0.868 bits per heavy atom. The van der Waals surface area contributed by atoms with Crippen LogP contribution < -0.4 is 15.4 Å². The number of guanidine groups is 1. The zero-order valence-electron chi connectivity index (χ0n) is 21.9. The number of nitrogens with one attached hydrogen (secondary N) is 2. The maximum atomic E-state index is 12.6. The second-order valence-corrected chi connectivity index (χ2v) is 10.4. The van der Waals surface area contributed by atoms with Crippen molar-refractivity contribution in [2.75, 3.05) is 0 Å². The molecule has 0 radical (unpaired) electrons. The average molecular weight is 548 g/mol. The molecule has 38 heavy (non-hydrogen) atoms. The van der Waals surface area contributed by atoms with Crippen LogP contribution in [0.15, 0.2) is 47.5 Å². The number of carboxylic acids is 1. The number of hydrogen-bond donors (Lipinski definition) is 3. The summed E-state index contributed by atoms with van der Waals surface area (Å²) in [6.45, 7) is 10.1. The number of esters is 1. The zero-order valence-corrected chi connectivity index (χ0v) is 22.6. The highest BCUT2D eigenvalue weighted by Gasteiger charge is 2.21. The molecule has 0 spiro atoms. The minimum Gasteiger partial charge on any atom is -0.481 e. The van der Waals surface area contributed by atoms with Crippen LogP contribution in [0.2, 0.25) is 5.02 Å². The number of nitrogens with zero attached hydrogens (tertiary/aromatic N) is 1. The van der Waals surface area contributed by atoms with Crippen LogP contribution in [0.1, 0.15) is 57.5 Å². The van der Waals surface area contributed by atoms with Gasteiger partial charge >= 0.3 is 24.1 Å². The Bertz CT molecular complexity index is 1200. The van der Waals surface area contributed by atoms with Gasteiger partial charge in [-0.3, -0.25) is 15.4 Å². The van der Waals surface area contributed by atoms with Crippen molar-refractivity contribution in [3.05, 3.63) is 58.6 Å². The van der Waals surface area contributed by atoms with E-state index in [4.69, 9.17) is 30.9 Å². The first-order valence-electron chi connectivity index (χ1n) is 11.4. The Morgan fingerprint density at radius 3 is 1.84 bits per heavy atom. The first kappa shape index (κ1) is 30.1.